The molecule has 1 aromatic carbocycles. The molecule has 30 heavy (non-hydrogen) atoms. The minimum Gasteiger partial charge on any atom is -0.497 e. The average molecular weight is 416 g/mol. The van der Waals surface area contributed by atoms with Crippen LogP contribution in [-0.2, 0) is 4.79 Å². The Bertz CT molecular complexity index is 743. The van der Waals surface area contributed by atoms with Gasteiger partial charge in [0.05, 0.1) is 12.5 Å². The molecular weight excluding hydrogens is 378 g/mol. The van der Waals surface area contributed by atoms with Crippen LogP contribution < -0.4 is 20.3 Å². The summed E-state index contributed by atoms with van der Waals surface area (Å²) in [5.41, 5.74) is 0.880. The first-order valence-corrected chi connectivity index (χ1v) is 11.1. The van der Waals surface area contributed by atoms with Crippen molar-refractivity contribution in [1.29, 1.82) is 0 Å². The summed E-state index contributed by atoms with van der Waals surface area (Å²) < 4.78 is 5.38. The maximum absolute atomic E-state index is 12.8. The molecule has 2 N–H and O–H groups in total. The highest BCUT2D eigenvalue weighted by Gasteiger charge is 2.42. The van der Waals surface area contributed by atoms with Crippen LogP contribution in [0.3, 0.4) is 0 Å². The molecule has 1 saturated heterocycles. The molecule has 0 aromatic heterocycles. The van der Waals surface area contributed by atoms with E-state index in [2.05, 4.69) is 32.7 Å². The standard InChI is InChI=1S/C23H37N5O2/c1-24-22(25-17-23(12-5-6-13-23)21(29)27(2)3)26-18-9-8-14-28(16-18)19-10-7-11-20(15-19)30-4/h7,10-11,15,18H,5-6,8-9,12-14,16-17H2,1-4H3,(H2,24,25,26). The fraction of sp³-hybridized carbons (Fsp3) is 0.652. The fourth-order valence-electron chi connectivity index (χ4n) is 4.77. The quantitative estimate of drug-likeness (QED) is 0.552. The number of hydrogen-bond acceptors (Lipinski definition) is 4. The van der Waals surface area contributed by atoms with Crippen LogP contribution in [-0.4, -0.2) is 70.7 Å². The molecule has 0 radical (unpaired) electrons. The van der Waals surface area contributed by atoms with Gasteiger partial charge in [0.25, 0.3) is 0 Å². The predicted octanol–water partition coefficient (Wildman–Crippen LogP) is 2.48. The zero-order valence-electron chi connectivity index (χ0n) is 18.9. The number of aliphatic imine (C=N–C) groups is 1. The first-order chi connectivity index (χ1) is 14.5. The molecule has 1 amide bonds. The number of ether oxygens (including phenoxy) is 1. The summed E-state index contributed by atoms with van der Waals surface area (Å²) in [7, 11) is 7.20. The van der Waals surface area contributed by atoms with Crippen molar-refractivity contribution in [2.45, 2.75) is 44.6 Å². The van der Waals surface area contributed by atoms with Gasteiger partial charge in [-0.2, -0.15) is 0 Å². The lowest BCUT2D eigenvalue weighted by Gasteiger charge is -2.36. The second-order valence-corrected chi connectivity index (χ2v) is 8.74. The van der Waals surface area contributed by atoms with Crippen molar-refractivity contribution in [1.82, 2.24) is 15.5 Å². The third-order valence-electron chi connectivity index (χ3n) is 6.42. The molecule has 0 bridgehead atoms. The molecule has 1 heterocycles. The molecule has 0 spiro atoms. The SMILES string of the molecule is CN=C(NCC1(C(=O)N(C)C)CCCC1)NC1CCCN(c2cccc(OC)c2)C1. The number of carbonyl (C=O) groups is 1. The van der Waals surface area contributed by atoms with Crippen molar-refractivity contribution in [3.63, 3.8) is 0 Å². The third-order valence-corrected chi connectivity index (χ3v) is 6.42. The van der Waals surface area contributed by atoms with Crippen molar-refractivity contribution in [3.05, 3.63) is 24.3 Å². The van der Waals surface area contributed by atoms with Crippen molar-refractivity contribution in [2.24, 2.45) is 10.4 Å². The Balaban J connectivity index is 1.59. The molecule has 1 saturated carbocycles. The Labute approximate surface area is 180 Å². The smallest absolute Gasteiger partial charge is 0.230 e. The lowest BCUT2D eigenvalue weighted by atomic mass is 9.84. The lowest BCUT2D eigenvalue weighted by molar-refractivity contribution is -0.138. The van der Waals surface area contributed by atoms with Crippen LogP contribution in [0.25, 0.3) is 0 Å². The number of amides is 1. The molecule has 2 aliphatic rings. The van der Waals surface area contributed by atoms with E-state index in [1.54, 1.807) is 19.1 Å². The second kappa shape index (κ2) is 10.0. The van der Waals surface area contributed by atoms with Crippen LogP contribution in [0, 0.1) is 5.41 Å². The maximum Gasteiger partial charge on any atom is 0.230 e. The lowest BCUT2D eigenvalue weighted by Crippen LogP contribution is -2.54. The van der Waals surface area contributed by atoms with Gasteiger partial charge in [0.2, 0.25) is 5.91 Å². The minimum atomic E-state index is -0.305. The van der Waals surface area contributed by atoms with Crippen molar-refractivity contribution in [3.8, 4) is 5.75 Å². The van der Waals surface area contributed by atoms with Gasteiger partial charge in [-0.25, -0.2) is 0 Å². The van der Waals surface area contributed by atoms with E-state index in [1.807, 2.05) is 26.2 Å². The summed E-state index contributed by atoms with van der Waals surface area (Å²) in [6.45, 7) is 2.59. The van der Waals surface area contributed by atoms with Gasteiger partial charge >= 0.3 is 0 Å². The van der Waals surface area contributed by atoms with E-state index in [0.29, 0.717) is 12.6 Å². The van der Waals surface area contributed by atoms with Gasteiger partial charge in [-0.3, -0.25) is 9.79 Å². The van der Waals surface area contributed by atoms with Crippen LogP contribution in [0.1, 0.15) is 38.5 Å². The van der Waals surface area contributed by atoms with Gasteiger partial charge < -0.3 is 25.2 Å². The molecule has 1 unspecified atom stereocenters. The highest BCUT2D eigenvalue weighted by Crippen LogP contribution is 2.38. The molecular formula is C23H37N5O2. The van der Waals surface area contributed by atoms with Crippen molar-refractivity contribution < 1.29 is 9.53 Å². The van der Waals surface area contributed by atoms with Crippen LogP contribution >= 0.6 is 0 Å². The summed E-state index contributed by atoms with van der Waals surface area (Å²) in [5, 5.41) is 7.05. The molecule has 166 valence electrons. The second-order valence-electron chi connectivity index (χ2n) is 8.74. The van der Waals surface area contributed by atoms with E-state index in [1.165, 1.54) is 5.69 Å². The molecule has 1 aromatic rings. The molecule has 3 rings (SSSR count). The molecule has 1 aliphatic carbocycles. The molecule has 1 atom stereocenters. The average Bonchev–Trinajstić information content (AvgIpc) is 3.26. The zero-order valence-corrected chi connectivity index (χ0v) is 18.9. The van der Waals surface area contributed by atoms with Gasteiger partial charge in [0.1, 0.15) is 5.75 Å². The number of nitrogens with one attached hydrogen (secondary N) is 2. The van der Waals surface area contributed by atoms with Gasteiger partial charge in [0, 0.05) is 58.6 Å². The first kappa shape index (κ1) is 22.2. The Morgan fingerprint density at radius 3 is 2.73 bits per heavy atom. The molecule has 7 heteroatoms. The van der Waals surface area contributed by atoms with Gasteiger partial charge in [-0.1, -0.05) is 18.9 Å². The number of hydrogen-bond donors (Lipinski definition) is 2. The highest BCUT2D eigenvalue weighted by atomic mass is 16.5. The summed E-state index contributed by atoms with van der Waals surface area (Å²) in [6.07, 6.45) is 6.34. The Kier molecular flexibility index (Phi) is 7.45. The number of methoxy groups -OCH3 is 1. The molecule has 1 aliphatic heterocycles. The Morgan fingerprint density at radius 1 is 1.30 bits per heavy atom. The normalized spacial score (nSPS) is 21.3. The monoisotopic (exact) mass is 415 g/mol. The number of guanidine groups is 1. The number of piperidine rings is 1. The summed E-state index contributed by atoms with van der Waals surface area (Å²) in [6, 6.07) is 8.54. The van der Waals surface area contributed by atoms with Crippen LogP contribution in [0.2, 0.25) is 0 Å². The van der Waals surface area contributed by atoms with Crippen molar-refractivity contribution in [2.75, 3.05) is 52.8 Å². The topological polar surface area (TPSA) is 69.2 Å². The van der Waals surface area contributed by atoms with E-state index in [0.717, 1.165) is 63.3 Å². The summed E-state index contributed by atoms with van der Waals surface area (Å²) in [4.78, 5) is 21.4. The van der Waals surface area contributed by atoms with Gasteiger partial charge in [0.15, 0.2) is 5.96 Å². The fourth-order valence-corrected chi connectivity index (χ4v) is 4.77. The number of anilines is 1. The highest BCUT2D eigenvalue weighted by molar-refractivity contribution is 5.85. The molecule has 2 fully saturated rings. The van der Waals surface area contributed by atoms with Gasteiger partial charge in [-0.05, 0) is 37.8 Å². The number of benzene rings is 1. The first-order valence-electron chi connectivity index (χ1n) is 11.1. The zero-order chi connectivity index (χ0) is 21.6. The van der Waals surface area contributed by atoms with Gasteiger partial charge in [-0.15, -0.1) is 0 Å². The number of carbonyl (C=O) groups excluding carboxylic acids is 1. The van der Waals surface area contributed by atoms with E-state index < -0.39 is 0 Å². The van der Waals surface area contributed by atoms with E-state index in [4.69, 9.17) is 4.74 Å². The summed E-state index contributed by atoms with van der Waals surface area (Å²) >= 11 is 0. The Hall–Kier alpha value is -2.44. The predicted molar refractivity (Wildman–Crippen MR) is 122 cm³/mol. The van der Waals surface area contributed by atoms with E-state index in [-0.39, 0.29) is 11.3 Å². The minimum absolute atomic E-state index is 0.227. The number of nitrogens with zero attached hydrogens (tertiary/aromatic N) is 3. The molecule has 7 nitrogen and oxygen atoms in total. The largest absolute Gasteiger partial charge is 0.497 e. The summed E-state index contributed by atoms with van der Waals surface area (Å²) in [5.74, 6) is 1.89. The van der Waals surface area contributed by atoms with Crippen LogP contribution in [0.15, 0.2) is 29.3 Å². The third kappa shape index (κ3) is 5.18. The number of rotatable bonds is 6. The van der Waals surface area contributed by atoms with E-state index in [9.17, 15) is 4.79 Å². The van der Waals surface area contributed by atoms with Crippen LogP contribution in [0.4, 0.5) is 5.69 Å². The van der Waals surface area contributed by atoms with Crippen LogP contribution in [0.5, 0.6) is 5.75 Å². The Morgan fingerprint density at radius 2 is 2.07 bits per heavy atom. The maximum atomic E-state index is 12.8. The van der Waals surface area contributed by atoms with E-state index >= 15 is 0 Å². The van der Waals surface area contributed by atoms with Crippen molar-refractivity contribution >= 4 is 17.6 Å².